The van der Waals surface area contributed by atoms with E-state index in [2.05, 4.69) is 9.97 Å². The second-order valence-corrected chi connectivity index (χ2v) is 7.34. The average Bonchev–Trinajstić information content (AvgIpc) is 2.79. The molecular weight excluding hydrogens is 298 g/mol. The van der Waals surface area contributed by atoms with Gasteiger partial charge in [-0.25, -0.2) is 14.8 Å². The molecule has 0 unspecified atom stereocenters. The van der Waals surface area contributed by atoms with E-state index in [1.807, 2.05) is 20.8 Å². The number of likely N-dealkylation sites (tertiary alicyclic amines) is 1. The van der Waals surface area contributed by atoms with Crippen molar-refractivity contribution >= 4 is 29.5 Å². The first-order chi connectivity index (χ1) is 9.33. The summed E-state index contributed by atoms with van der Waals surface area (Å²) in [6, 6.07) is 0. The smallest absolute Gasteiger partial charge is 0.410 e. The first-order valence-corrected chi connectivity index (χ1v) is 7.71. The van der Waals surface area contributed by atoms with Gasteiger partial charge in [-0.05, 0) is 27.2 Å². The zero-order valence-electron chi connectivity index (χ0n) is 11.8. The van der Waals surface area contributed by atoms with Crippen LogP contribution >= 0.6 is 23.4 Å². The number of carbonyl (C=O) groups excluding carboxylic acids is 1. The monoisotopic (exact) mass is 315 g/mol. The molecule has 1 aliphatic rings. The molecule has 7 heteroatoms. The number of rotatable bonds is 2. The molecule has 1 saturated heterocycles. The molecule has 2 heterocycles. The molecule has 5 nitrogen and oxygen atoms in total. The summed E-state index contributed by atoms with van der Waals surface area (Å²) >= 11 is 7.32. The van der Waals surface area contributed by atoms with Crippen LogP contribution < -0.4 is 0 Å². The second kappa shape index (κ2) is 6.18. The third-order valence-electron chi connectivity index (χ3n) is 2.67. The Morgan fingerprint density at radius 3 is 2.70 bits per heavy atom. The van der Waals surface area contributed by atoms with Gasteiger partial charge in [0, 0.05) is 18.3 Å². The van der Waals surface area contributed by atoms with Crippen molar-refractivity contribution in [3.63, 3.8) is 0 Å². The number of carbonyl (C=O) groups is 1. The zero-order chi connectivity index (χ0) is 14.8. The number of hydrogen-bond donors (Lipinski definition) is 0. The number of thioether (sulfide) groups is 1. The quantitative estimate of drug-likeness (QED) is 0.784. The minimum Gasteiger partial charge on any atom is -0.444 e. The topological polar surface area (TPSA) is 55.3 Å². The molecule has 1 aliphatic heterocycles. The predicted molar refractivity (Wildman–Crippen MR) is 79.1 cm³/mol. The molecule has 1 amide bonds. The van der Waals surface area contributed by atoms with Crippen LogP contribution in [-0.2, 0) is 4.74 Å². The van der Waals surface area contributed by atoms with Crippen LogP contribution in [0.1, 0.15) is 27.2 Å². The van der Waals surface area contributed by atoms with Gasteiger partial charge in [-0.15, -0.1) is 0 Å². The molecule has 0 aliphatic carbocycles. The summed E-state index contributed by atoms with van der Waals surface area (Å²) in [6.07, 6.45) is 3.82. The first-order valence-electron chi connectivity index (χ1n) is 6.45. The molecule has 0 bridgehead atoms. The molecule has 0 N–H and O–H groups in total. The van der Waals surface area contributed by atoms with Crippen molar-refractivity contribution in [3.8, 4) is 0 Å². The first kappa shape index (κ1) is 15.4. The standard InChI is InChI=1S/C13H18ClN3O2S/c1-13(2,3)19-12(18)17-5-4-10(8-17)20-11-15-6-9(14)7-16-11/h6-7,10H,4-5,8H2,1-3H3/t10-/m0/s1. The van der Waals surface area contributed by atoms with Crippen molar-refractivity contribution in [2.24, 2.45) is 0 Å². The second-order valence-electron chi connectivity index (χ2n) is 5.64. The fourth-order valence-electron chi connectivity index (χ4n) is 1.83. The van der Waals surface area contributed by atoms with E-state index in [1.165, 1.54) is 0 Å². The van der Waals surface area contributed by atoms with Gasteiger partial charge in [0.05, 0.1) is 17.4 Å². The molecule has 2 rings (SSSR count). The number of hydrogen-bond acceptors (Lipinski definition) is 5. The molecular formula is C13H18ClN3O2S. The average molecular weight is 316 g/mol. The van der Waals surface area contributed by atoms with Gasteiger partial charge >= 0.3 is 6.09 Å². The molecule has 1 aromatic heterocycles. The molecule has 110 valence electrons. The highest BCUT2D eigenvalue weighted by atomic mass is 35.5. The van der Waals surface area contributed by atoms with Gasteiger partial charge in [-0.2, -0.15) is 0 Å². The minimum absolute atomic E-state index is 0.252. The summed E-state index contributed by atoms with van der Waals surface area (Å²) in [4.78, 5) is 22.0. The number of aromatic nitrogens is 2. The molecule has 20 heavy (non-hydrogen) atoms. The Labute approximate surface area is 128 Å². The molecule has 1 fully saturated rings. The molecule has 1 atom stereocenters. The van der Waals surface area contributed by atoms with Crippen LogP contribution in [0.2, 0.25) is 5.02 Å². The minimum atomic E-state index is -0.457. The summed E-state index contributed by atoms with van der Waals surface area (Å²) in [5.41, 5.74) is -0.457. The lowest BCUT2D eigenvalue weighted by Gasteiger charge is -2.24. The van der Waals surface area contributed by atoms with E-state index in [4.69, 9.17) is 16.3 Å². The van der Waals surface area contributed by atoms with E-state index in [1.54, 1.807) is 29.1 Å². The summed E-state index contributed by atoms with van der Waals surface area (Å²) in [7, 11) is 0. The summed E-state index contributed by atoms with van der Waals surface area (Å²) < 4.78 is 5.36. The number of halogens is 1. The Morgan fingerprint density at radius 1 is 1.45 bits per heavy atom. The number of ether oxygens (including phenoxy) is 1. The summed E-state index contributed by atoms with van der Waals surface area (Å²) in [5, 5.41) is 1.50. The van der Waals surface area contributed by atoms with Crippen molar-refractivity contribution < 1.29 is 9.53 Å². The predicted octanol–water partition coefficient (Wildman–Crippen LogP) is 3.23. The van der Waals surface area contributed by atoms with E-state index < -0.39 is 5.60 Å². The maximum absolute atomic E-state index is 11.9. The maximum atomic E-state index is 11.9. The SMILES string of the molecule is CC(C)(C)OC(=O)N1CC[C@H](Sc2ncc(Cl)cn2)C1. The van der Waals surface area contributed by atoms with Crippen LogP contribution in [0.5, 0.6) is 0 Å². The number of nitrogens with zero attached hydrogens (tertiary/aromatic N) is 3. The Bertz CT molecular complexity index is 475. The Morgan fingerprint density at radius 2 is 2.10 bits per heavy atom. The van der Waals surface area contributed by atoms with Crippen molar-refractivity contribution in [3.05, 3.63) is 17.4 Å². The lowest BCUT2D eigenvalue weighted by atomic mass is 10.2. The van der Waals surface area contributed by atoms with Crippen LogP contribution in [0.15, 0.2) is 17.6 Å². The van der Waals surface area contributed by atoms with Gasteiger partial charge in [0.2, 0.25) is 0 Å². The third-order valence-corrected chi connectivity index (χ3v) is 4.00. The number of amides is 1. The van der Waals surface area contributed by atoms with E-state index in [0.717, 1.165) is 6.42 Å². The van der Waals surface area contributed by atoms with Crippen molar-refractivity contribution in [2.75, 3.05) is 13.1 Å². The highest BCUT2D eigenvalue weighted by Gasteiger charge is 2.30. The van der Waals surface area contributed by atoms with Gasteiger partial charge < -0.3 is 9.64 Å². The van der Waals surface area contributed by atoms with E-state index >= 15 is 0 Å². The third kappa shape index (κ3) is 4.52. The van der Waals surface area contributed by atoms with E-state index in [0.29, 0.717) is 28.5 Å². The van der Waals surface area contributed by atoms with Gasteiger partial charge in [0.25, 0.3) is 0 Å². The highest BCUT2D eigenvalue weighted by molar-refractivity contribution is 7.99. The maximum Gasteiger partial charge on any atom is 0.410 e. The van der Waals surface area contributed by atoms with Gasteiger partial charge in [0.1, 0.15) is 5.60 Å². The van der Waals surface area contributed by atoms with Gasteiger partial charge in [0.15, 0.2) is 5.16 Å². The van der Waals surface area contributed by atoms with Crippen LogP contribution in [0.3, 0.4) is 0 Å². The van der Waals surface area contributed by atoms with E-state index in [9.17, 15) is 4.79 Å². The van der Waals surface area contributed by atoms with Gasteiger partial charge in [-0.1, -0.05) is 23.4 Å². The van der Waals surface area contributed by atoms with Crippen LogP contribution in [0.4, 0.5) is 4.79 Å². The largest absolute Gasteiger partial charge is 0.444 e. The van der Waals surface area contributed by atoms with Gasteiger partial charge in [-0.3, -0.25) is 0 Å². The molecule has 0 aromatic carbocycles. The lowest BCUT2D eigenvalue weighted by Crippen LogP contribution is -2.35. The normalized spacial score (nSPS) is 19.2. The fraction of sp³-hybridized carbons (Fsp3) is 0.615. The van der Waals surface area contributed by atoms with Crippen LogP contribution in [0, 0.1) is 0 Å². The zero-order valence-corrected chi connectivity index (χ0v) is 13.4. The summed E-state index contributed by atoms with van der Waals surface area (Å²) in [6.45, 7) is 6.98. The van der Waals surface area contributed by atoms with Crippen molar-refractivity contribution in [1.82, 2.24) is 14.9 Å². The molecule has 0 spiro atoms. The Balaban J connectivity index is 1.86. The van der Waals surface area contributed by atoms with Crippen LogP contribution in [0.25, 0.3) is 0 Å². The Hall–Kier alpha value is -1.01. The van der Waals surface area contributed by atoms with Crippen molar-refractivity contribution in [2.45, 2.75) is 43.2 Å². The van der Waals surface area contributed by atoms with Crippen molar-refractivity contribution in [1.29, 1.82) is 0 Å². The lowest BCUT2D eigenvalue weighted by molar-refractivity contribution is 0.0295. The molecule has 0 radical (unpaired) electrons. The molecule has 0 saturated carbocycles. The summed E-state index contributed by atoms with van der Waals surface area (Å²) in [5.74, 6) is 0. The van der Waals surface area contributed by atoms with Crippen LogP contribution in [-0.4, -0.2) is 44.9 Å². The van der Waals surface area contributed by atoms with E-state index in [-0.39, 0.29) is 6.09 Å². The molecule has 1 aromatic rings. The fourth-order valence-corrected chi connectivity index (χ4v) is 2.93. The Kier molecular flexibility index (Phi) is 4.75. The highest BCUT2D eigenvalue weighted by Crippen LogP contribution is 2.28.